The Morgan fingerprint density at radius 1 is 0.906 bits per heavy atom. The lowest BCUT2D eigenvalue weighted by Gasteiger charge is -2.13. The fourth-order valence-corrected chi connectivity index (χ4v) is 3.40. The summed E-state index contributed by atoms with van der Waals surface area (Å²) in [4.78, 5) is 24.4. The lowest BCUT2D eigenvalue weighted by molar-refractivity contribution is -0.123. The summed E-state index contributed by atoms with van der Waals surface area (Å²) in [6, 6.07) is 20.3. The van der Waals surface area contributed by atoms with Crippen LogP contribution in [-0.2, 0) is 14.8 Å². The molecule has 32 heavy (non-hydrogen) atoms. The van der Waals surface area contributed by atoms with E-state index in [1.54, 1.807) is 12.1 Å². The van der Waals surface area contributed by atoms with Gasteiger partial charge in [0.25, 0.3) is 11.8 Å². The second kappa shape index (κ2) is 9.94. The van der Waals surface area contributed by atoms with Crippen molar-refractivity contribution in [3.63, 3.8) is 0 Å². The number of hydrogen-bond acceptors (Lipinski definition) is 6. The van der Waals surface area contributed by atoms with E-state index in [1.807, 2.05) is 42.5 Å². The molecule has 3 aromatic rings. The molecule has 0 fully saturated rings. The topological polar surface area (TPSA) is 137 Å². The molecule has 0 aliphatic carbocycles. The van der Waals surface area contributed by atoms with Crippen LogP contribution in [0.3, 0.4) is 0 Å². The first-order chi connectivity index (χ1) is 15.3. The Labute approximate surface area is 185 Å². The summed E-state index contributed by atoms with van der Waals surface area (Å²) in [5.41, 5.74) is 6.05. The van der Waals surface area contributed by atoms with Crippen molar-refractivity contribution in [3.05, 3.63) is 78.4 Å². The van der Waals surface area contributed by atoms with E-state index in [9.17, 15) is 18.0 Å². The molecule has 0 heterocycles. The number of nitrogens with two attached hydrogens (primary N) is 1. The van der Waals surface area contributed by atoms with E-state index in [0.29, 0.717) is 5.75 Å². The monoisotopic (exact) mass is 455 g/mol. The van der Waals surface area contributed by atoms with Gasteiger partial charge in [0.15, 0.2) is 6.61 Å². The molecule has 0 saturated heterocycles. The van der Waals surface area contributed by atoms with Crippen LogP contribution in [-0.4, -0.2) is 33.9 Å². The average Bonchev–Trinajstić information content (AvgIpc) is 2.81. The van der Waals surface area contributed by atoms with E-state index in [4.69, 9.17) is 14.6 Å². The number of nitrogens with one attached hydrogen (secondary N) is 2. The van der Waals surface area contributed by atoms with E-state index in [-0.39, 0.29) is 22.8 Å². The van der Waals surface area contributed by atoms with Crippen LogP contribution >= 0.6 is 0 Å². The maximum Gasteiger partial charge on any atom is 0.276 e. The molecule has 2 amide bonds. The van der Waals surface area contributed by atoms with E-state index < -0.39 is 21.8 Å². The van der Waals surface area contributed by atoms with Gasteiger partial charge in [-0.15, -0.1) is 0 Å². The van der Waals surface area contributed by atoms with Gasteiger partial charge in [-0.05, 0) is 29.8 Å². The third-order valence-electron chi connectivity index (χ3n) is 4.39. The summed E-state index contributed by atoms with van der Waals surface area (Å²) in [7, 11) is -2.71. The number of methoxy groups -OCH3 is 1. The third kappa shape index (κ3) is 5.62. The largest absolute Gasteiger partial charge is 0.496 e. The van der Waals surface area contributed by atoms with Crippen LogP contribution in [0.15, 0.2) is 77.7 Å². The van der Waals surface area contributed by atoms with Crippen molar-refractivity contribution >= 4 is 21.8 Å². The summed E-state index contributed by atoms with van der Waals surface area (Å²) in [5.74, 6) is -0.798. The lowest BCUT2D eigenvalue weighted by Crippen LogP contribution is -2.44. The second-order valence-electron chi connectivity index (χ2n) is 6.56. The molecule has 0 aliphatic rings. The minimum absolute atomic E-state index is 0.109. The van der Waals surface area contributed by atoms with Gasteiger partial charge in [-0.25, -0.2) is 13.6 Å². The number of amides is 2. The van der Waals surface area contributed by atoms with Gasteiger partial charge in [-0.3, -0.25) is 20.4 Å². The highest BCUT2D eigenvalue weighted by molar-refractivity contribution is 7.89. The number of benzene rings is 3. The minimum Gasteiger partial charge on any atom is -0.496 e. The first-order valence-corrected chi connectivity index (χ1v) is 10.9. The molecule has 0 radical (unpaired) electrons. The van der Waals surface area contributed by atoms with Crippen molar-refractivity contribution in [2.45, 2.75) is 4.90 Å². The van der Waals surface area contributed by atoms with Gasteiger partial charge in [0.05, 0.1) is 17.6 Å². The molecular weight excluding hydrogens is 434 g/mol. The van der Waals surface area contributed by atoms with Gasteiger partial charge in [0, 0.05) is 5.56 Å². The highest BCUT2D eigenvalue weighted by atomic mass is 32.2. The second-order valence-corrected chi connectivity index (χ2v) is 8.12. The van der Waals surface area contributed by atoms with Gasteiger partial charge >= 0.3 is 0 Å². The molecule has 10 heteroatoms. The molecule has 0 aliphatic heterocycles. The molecule has 0 saturated carbocycles. The Balaban J connectivity index is 1.64. The lowest BCUT2D eigenvalue weighted by atomic mass is 10.1. The van der Waals surface area contributed by atoms with Gasteiger partial charge in [-0.1, -0.05) is 48.5 Å². The van der Waals surface area contributed by atoms with E-state index in [2.05, 4.69) is 10.9 Å². The van der Waals surface area contributed by atoms with E-state index in [0.717, 1.165) is 17.2 Å². The normalized spacial score (nSPS) is 10.8. The number of para-hydroxylation sites is 1. The molecule has 4 N–H and O–H groups in total. The summed E-state index contributed by atoms with van der Waals surface area (Å²) in [6.07, 6.45) is 0. The first kappa shape index (κ1) is 22.8. The van der Waals surface area contributed by atoms with Crippen LogP contribution in [0.2, 0.25) is 0 Å². The molecule has 0 atom stereocenters. The van der Waals surface area contributed by atoms with Crippen molar-refractivity contribution in [3.8, 4) is 22.6 Å². The predicted molar refractivity (Wildman–Crippen MR) is 117 cm³/mol. The molecular formula is C22H21N3O6S. The van der Waals surface area contributed by atoms with Gasteiger partial charge in [0.2, 0.25) is 10.0 Å². The number of rotatable bonds is 7. The number of hydrogen-bond donors (Lipinski definition) is 3. The number of hydrazine groups is 1. The van der Waals surface area contributed by atoms with Gasteiger partial charge in [0.1, 0.15) is 11.5 Å². The first-order valence-electron chi connectivity index (χ1n) is 9.37. The molecule has 0 spiro atoms. The highest BCUT2D eigenvalue weighted by Gasteiger charge is 2.18. The van der Waals surface area contributed by atoms with Crippen molar-refractivity contribution < 1.29 is 27.5 Å². The fraction of sp³-hybridized carbons (Fsp3) is 0.0909. The quantitative estimate of drug-likeness (QED) is 0.465. The summed E-state index contributed by atoms with van der Waals surface area (Å²) >= 11 is 0. The van der Waals surface area contributed by atoms with Crippen molar-refractivity contribution in [2.75, 3.05) is 13.7 Å². The zero-order valence-electron chi connectivity index (χ0n) is 17.1. The SMILES string of the molecule is COc1ccc(S(N)(=O)=O)cc1C(=O)NNC(=O)COc1ccccc1-c1ccccc1. The van der Waals surface area contributed by atoms with Crippen LogP contribution in [0, 0.1) is 0 Å². The number of ether oxygens (including phenoxy) is 2. The maximum atomic E-state index is 12.4. The number of sulfonamides is 1. The van der Waals surface area contributed by atoms with Gasteiger partial charge < -0.3 is 9.47 Å². The van der Waals surface area contributed by atoms with Crippen molar-refractivity contribution in [1.29, 1.82) is 0 Å². The zero-order chi connectivity index (χ0) is 23.1. The third-order valence-corrected chi connectivity index (χ3v) is 5.30. The zero-order valence-corrected chi connectivity index (χ0v) is 17.9. The number of carbonyl (C=O) groups excluding carboxylic acids is 2. The van der Waals surface area contributed by atoms with Crippen molar-refractivity contribution in [2.24, 2.45) is 5.14 Å². The molecule has 0 aromatic heterocycles. The molecule has 3 aromatic carbocycles. The van der Waals surface area contributed by atoms with E-state index in [1.165, 1.54) is 19.2 Å². The van der Waals surface area contributed by atoms with Crippen LogP contribution < -0.4 is 25.5 Å². The molecule has 9 nitrogen and oxygen atoms in total. The number of primary sulfonamides is 1. The Morgan fingerprint density at radius 2 is 1.59 bits per heavy atom. The molecule has 166 valence electrons. The van der Waals surface area contributed by atoms with Crippen LogP contribution in [0.1, 0.15) is 10.4 Å². The minimum atomic E-state index is -4.02. The number of carbonyl (C=O) groups is 2. The molecule has 3 rings (SSSR count). The predicted octanol–water partition coefficient (Wildman–Crippen LogP) is 1.85. The van der Waals surface area contributed by atoms with Gasteiger partial charge in [-0.2, -0.15) is 0 Å². The maximum absolute atomic E-state index is 12.4. The molecule has 0 bridgehead atoms. The van der Waals surface area contributed by atoms with E-state index >= 15 is 0 Å². The van der Waals surface area contributed by atoms with Crippen LogP contribution in [0.5, 0.6) is 11.5 Å². The van der Waals surface area contributed by atoms with Crippen LogP contribution in [0.25, 0.3) is 11.1 Å². The Bertz CT molecular complexity index is 1230. The standard InChI is InChI=1S/C22H21N3O6S/c1-30-19-12-11-16(32(23,28)29)13-18(19)22(27)25-24-21(26)14-31-20-10-6-5-9-17(20)15-7-3-2-4-8-15/h2-13H,14H2,1H3,(H,24,26)(H,25,27)(H2,23,28,29). The Hall–Kier alpha value is -3.89. The summed E-state index contributed by atoms with van der Waals surface area (Å²) in [5, 5.41) is 5.10. The summed E-state index contributed by atoms with van der Waals surface area (Å²) < 4.78 is 33.8. The summed E-state index contributed by atoms with van der Waals surface area (Å²) in [6.45, 7) is -0.363. The fourth-order valence-electron chi connectivity index (χ4n) is 2.86. The highest BCUT2D eigenvalue weighted by Crippen LogP contribution is 2.29. The Kier molecular flexibility index (Phi) is 7.08. The Morgan fingerprint density at radius 3 is 2.28 bits per heavy atom. The van der Waals surface area contributed by atoms with Crippen molar-refractivity contribution in [1.82, 2.24) is 10.9 Å². The molecule has 0 unspecified atom stereocenters. The van der Waals surface area contributed by atoms with Crippen LogP contribution in [0.4, 0.5) is 0 Å². The average molecular weight is 455 g/mol. The smallest absolute Gasteiger partial charge is 0.276 e.